The number of pyridine rings is 1. The second-order valence-electron chi connectivity index (χ2n) is 11.1. The largest absolute Gasteiger partial charge is 0.618 e. The summed E-state index contributed by atoms with van der Waals surface area (Å²) < 4.78 is 35.7. The van der Waals surface area contributed by atoms with Crippen molar-refractivity contribution in [1.82, 2.24) is 0 Å². The summed E-state index contributed by atoms with van der Waals surface area (Å²) in [6.45, 7) is 16.5. The first kappa shape index (κ1) is 30.1. The highest BCUT2D eigenvalue weighted by Crippen LogP contribution is 2.41. The van der Waals surface area contributed by atoms with Crippen LogP contribution in [0.1, 0.15) is 121 Å². The van der Waals surface area contributed by atoms with E-state index in [0.29, 0.717) is 34.4 Å². The minimum Gasteiger partial charge on any atom is -0.618 e. The number of unbranched alkanes of at least 4 members (excludes halogenated alkanes) is 2. The predicted molar refractivity (Wildman–Crippen MR) is 148 cm³/mol. The van der Waals surface area contributed by atoms with Gasteiger partial charge in [0.25, 0.3) is 0 Å². The molecule has 0 saturated carbocycles. The van der Waals surface area contributed by atoms with Crippen molar-refractivity contribution in [1.29, 1.82) is 0 Å². The number of ether oxygens (including phenoxy) is 1. The van der Waals surface area contributed by atoms with Crippen LogP contribution in [0.25, 0.3) is 0 Å². The highest BCUT2D eigenvalue weighted by atomic mass is 32.2. The van der Waals surface area contributed by atoms with Gasteiger partial charge in [-0.25, -0.2) is 8.42 Å². The Bertz CT molecular complexity index is 1100. The predicted octanol–water partition coefficient (Wildman–Crippen LogP) is 7.41. The quantitative estimate of drug-likeness (QED) is 0.158. The molecular weight excluding hydrogens is 470 g/mol. The summed E-state index contributed by atoms with van der Waals surface area (Å²) in [6, 6.07) is 7.70. The Morgan fingerprint density at radius 3 is 2.19 bits per heavy atom. The average molecular weight is 518 g/mol. The smallest absolute Gasteiger partial charge is 0.312 e. The van der Waals surface area contributed by atoms with E-state index >= 15 is 0 Å². The summed E-state index contributed by atoms with van der Waals surface area (Å²) in [5.74, 6) is 0.599. The van der Waals surface area contributed by atoms with Crippen molar-refractivity contribution < 1.29 is 17.9 Å². The molecule has 202 valence electrons. The molecule has 1 aromatic heterocycles. The van der Waals surface area contributed by atoms with Crippen molar-refractivity contribution in [3.8, 4) is 5.75 Å². The van der Waals surface area contributed by atoms with Crippen LogP contribution in [-0.2, 0) is 28.1 Å². The summed E-state index contributed by atoms with van der Waals surface area (Å²) >= 11 is 0. The van der Waals surface area contributed by atoms with Gasteiger partial charge in [0.15, 0.2) is 6.20 Å². The fraction of sp³-hybridized carbons (Fsp3) is 0.633. The molecule has 2 aromatic rings. The molecule has 0 spiro atoms. The summed E-state index contributed by atoms with van der Waals surface area (Å²) in [7, 11) is -4.00. The van der Waals surface area contributed by atoms with Crippen LogP contribution in [0.4, 0.5) is 0 Å². The van der Waals surface area contributed by atoms with Crippen LogP contribution >= 0.6 is 0 Å². The monoisotopic (exact) mass is 517 g/mol. The molecule has 0 N–H and O–H groups in total. The van der Waals surface area contributed by atoms with Gasteiger partial charge >= 0.3 is 5.03 Å². The van der Waals surface area contributed by atoms with Gasteiger partial charge in [0.2, 0.25) is 9.84 Å². The van der Waals surface area contributed by atoms with Crippen molar-refractivity contribution in [3.63, 3.8) is 0 Å². The van der Waals surface area contributed by atoms with Crippen LogP contribution in [0, 0.1) is 5.21 Å². The fourth-order valence-electron chi connectivity index (χ4n) is 4.73. The van der Waals surface area contributed by atoms with Crippen molar-refractivity contribution in [2.45, 2.75) is 129 Å². The zero-order chi connectivity index (χ0) is 27.1. The normalized spacial score (nSPS) is 13.2. The van der Waals surface area contributed by atoms with Gasteiger partial charge in [0, 0.05) is 17.2 Å². The Kier molecular flexibility index (Phi) is 10.8. The van der Waals surface area contributed by atoms with E-state index in [-0.39, 0.29) is 16.5 Å². The van der Waals surface area contributed by atoms with Crippen molar-refractivity contribution in [3.05, 3.63) is 57.9 Å². The number of hydrogen-bond acceptors (Lipinski definition) is 4. The lowest BCUT2D eigenvalue weighted by Crippen LogP contribution is -2.37. The van der Waals surface area contributed by atoms with Gasteiger partial charge in [-0.3, -0.25) is 0 Å². The summed E-state index contributed by atoms with van der Waals surface area (Å²) in [5.41, 5.74) is 3.26. The Morgan fingerprint density at radius 2 is 1.64 bits per heavy atom. The topological polar surface area (TPSA) is 70.3 Å². The maximum absolute atomic E-state index is 14.4. The number of aryl methyl sites for hydroxylation is 1. The van der Waals surface area contributed by atoms with Gasteiger partial charge in [-0.15, -0.1) is 0 Å². The van der Waals surface area contributed by atoms with Gasteiger partial charge in [-0.05, 0) is 55.7 Å². The van der Waals surface area contributed by atoms with Gasteiger partial charge in [-0.1, -0.05) is 85.8 Å². The molecule has 0 fully saturated rings. The highest BCUT2D eigenvalue weighted by molar-refractivity contribution is 7.91. The van der Waals surface area contributed by atoms with E-state index in [9.17, 15) is 13.6 Å². The van der Waals surface area contributed by atoms with Crippen LogP contribution in [0.5, 0.6) is 5.75 Å². The minimum absolute atomic E-state index is 0.0767. The molecule has 0 aliphatic rings. The lowest BCUT2D eigenvalue weighted by molar-refractivity contribution is -0.647. The average Bonchev–Trinajstić information content (AvgIpc) is 2.78. The first-order chi connectivity index (χ1) is 16.9. The lowest BCUT2D eigenvalue weighted by Gasteiger charge is -2.26. The van der Waals surface area contributed by atoms with Gasteiger partial charge < -0.3 is 9.94 Å². The molecule has 0 amide bonds. The van der Waals surface area contributed by atoms with Crippen molar-refractivity contribution in [2.75, 3.05) is 0 Å². The Hall–Kier alpha value is -2.08. The zero-order valence-corrected chi connectivity index (χ0v) is 24.5. The Balaban J connectivity index is 2.81. The summed E-state index contributed by atoms with van der Waals surface area (Å²) in [6.07, 6.45) is 7.36. The van der Waals surface area contributed by atoms with Crippen LogP contribution in [0.2, 0.25) is 0 Å². The molecule has 0 bridgehead atoms. The molecule has 0 saturated heterocycles. The van der Waals surface area contributed by atoms with E-state index in [1.807, 2.05) is 39.0 Å². The molecule has 1 aromatic carbocycles. The summed E-state index contributed by atoms with van der Waals surface area (Å²) in [5, 5.41) is 12.2. The third kappa shape index (κ3) is 7.24. The molecule has 2 rings (SSSR count). The van der Waals surface area contributed by atoms with Crippen molar-refractivity contribution in [2.24, 2.45) is 0 Å². The number of hydrogen-bond donors (Lipinski definition) is 0. The number of rotatable bonds is 13. The first-order valence-electron chi connectivity index (χ1n) is 13.7. The molecule has 1 atom stereocenters. The molecular formula is C30H47NO4S. The van der Waals surface area contributed by atoms with Gasteiger partial charge in [0.05, 0.1) is 6.10 Å². The van der Waals surface area contributed by atoms with Crippen LogP contribution in [0.3, 0.4) is 0 Å². The zero-order valence-electron chi connectivity index (χ0n) is 23.7. The van der Waals surface area contributed by atoms with E-state index in [1.165, 1.54) is 6.20 Å². The molecule has 6 heteroatoms. The van der Waals surface area contributed by atoms with E-state index in [4.69, 9.17) is 4.74 Å². The van der Waals surface area contributed by atoms with E-state index in [0.717, 1.165) is 49.7 Å². The number of aromatic nitrogens is 1. The molecule has 0 radical (unpaired) electrons. The number of sulfone groups is 1. The van der Waals surface area contributed by atoms with Crippen molar-refractivity contribution >= 4 is 9.84 Å². The van der Waals surface area contributed by atoms with Crippen LogP contribution < -0.4 is 9.47 Å². The molecule has 1 unspecified atom stereocenters. The number of benzene rings is 1. The third-order valence-corrected chi connectivity index (χ3v) is 8.78. The molecule has 36 heavy (non-hydrogen) atoms. The number of nitrogens with zero attached hydrogens (tertiary/aromatic N) is 1. The van der Waals surface area contributed by atoms with E-state index < -0.39 is 15.1 Å². The SMILES string of the molecule is CCCCCC(c1ccc(C(C)(C)C)cc1OC(C)C)S(=O)(=O)c1c(CCC)c(CCC)cc[n+]1[O-]. The Morgan fingerprint density at radius 1 is 0.972 bits per heavy atom. The summed E-state index contributed by atoms with van der Waals surface area (Å²) in [4.78, 5) is 0. The molecule has 0 aliphatic heterocycles. The maximum atomic E-state index is 14.4. The van der Waals surface area contributed by atoms with Crippen LogP contribution in [0.15, 0.2) is 35.5 Å². The molecule has 5 nitrogen and oxygen atoms in total. The second-order valence-corrected chi connectivity index (χ2v) is 13.2. The molecule has 0 aliphatic carbocycles. The lowest BCUT2D eigenvalue weighted by atomic mass is 9.86. The van der Waals surface area contributed by atoms with E-state index in [1.54, 1.807) is 6.07 Å². The Labute approximate surface area is 219 Å². The standard InChI is InChI=1S/C30H47NO4S/c1-9-12-13-16-28(26-18-17-24(30(6,7)8)21-27(26)35-22(4)5)36(33,34)29-25(15-11-3)23(14-10-2)19-20-31(29)32/h17-22,28H,9-16H2,1-8H3. The molecule has 1 heterocycles. The van der Waals surface area contributed by atoms with Gasteiger partial charge in [0.1, 0.15) is 11.0 Å². The first-order valence-corrected chi connectivity index (χ1v) is 15.2. The highest BCUT2D eigenvalue weighted by Gasteiger charge is 2.39. The van der Waals surface area contributed by atoms with Gasteiger partial charge in [-0.2, -0.15) is 4.73 Å². The van der Waals surface area contributed by atoms with E-state index in [2.05, 4.69) is 34.6 Å². The second kappa shape index (κ2) is 12.9. The van der Waals surface area contributed by atoms with Crippen LogP contribution in [-0.4, -0.2) is 14.5 Å². The fourth-order valence-corrected chi connectivity index (χ4v) is 6.89. The maximum Gasteiger partial charge on any atom is 0.312 e. The third-order valence-electron chi connectivity index (χ3n) is 6.58. The minimum atomic E-state index is -4.00.